The molecular weight excluding hydrogens is 1500 g/mol. The van der Waals surface area contributed by atoms with E-state index in [-0.39, 0.29) is 194 Å². The molecule has 3 saturated carbocycles. The van der Waals surface area contributed by atoms with Crippen LogP contribution in [0, 0.1) is 22.7 Å². The first-order valence-corrected chi connectivity index (χ1v) is 39.8. The number of rotatable bonds is 41. The second-order valence-corrected chi connectivity index (χ2v) is 30.5. The van der Waals surface area contributed by atoms with E-state index < -0.39 is 60.6 Å². The first-order chi connectivity index (χ1) is 53.4. The van der Waals surface area contributed by atoms with Crippen LogP contribution in [-0.4, -0.2) is 233 Å². The Morgan fingerprint density at radius 2 is 1.09 bits per heavy atom. The van der Waals surface area contributed by atoms with Crippen LogP contribution in [0.5, 0.6) is 11.5 Å². The summed E-state index contributed by atoms with van der Waals surface area (Å²) in [5, 5.41) is 10.7. The van der Waals surface area contributed by atoms with Gasteiger partial charge in [0, 0.05) is 129 Å². The largest absolute Gasteiger partial charge is 0.524 e. The van der Waals surface area contributed by atoms with Crippen molar-refractivity contribution in [1.29, 1.82) is 0 Å². The summed E-state index contributed by atoms with van der Waals surface area (Å²) < 4.78 is 62.1. The second-order valence-electron chi connectivity index (χ2n) is 28.7. The van der Waals surface area contributed by atoms with Gasteiger partial charge in [0.25, 0.3) is 11.8 Å². The van der Waals surface area contributed by atoms with Crippen molar-refractivity contribution in [2.45, 2.75) is 83.3 Å². The molecule has 4 heterocycles. The van der Waals surface area contributed by atoms with Crippen molar-refractivity contribution in [1.82, 2.24) is 25.3 Å². The maximum absolute atomic E-state index is 15.0. The van der Waals surface area contributed by atoms with Crippen LogP contribution in [-0.2, 0) is 77.9 Å². The lowest BCUT2D eigenvalue weighted by Gasteiger charge is -2.69. The highest BCUT2D eigenvalue weighted by molar-refractivity contribution is 7.46. The Hall–Kier alpha value is -8.85. The van der Waals surface area contributed by atoms with Gasteiger partial charge in [0.1, 0.15) is 18.1 Å². The Balaban J connectivity index is 0.590. The third kappa shape index (κ3) is 20.5. The highest BCUT2D eigenvalue weighted by Crippen LogP contribution is 2.75. The molecule has 4 aliphatic heterocycles. The van der Waals surface area contributed by atoms with E-state index in [0.29, 0.717) is 98.1 Å². The van der Waals surface area contributed by atoms with Crippen LogP contribution in [0.2, 0.25) is 0 Å². The number of Topliss-reactive ketones (excluding diaryl/α,β-unsaturated/α-hetero) is 1. The Morgan fingerprint density at radius 1 is 0.622 bits per heavy atom. The monoisotopic (exact) mass is 1600 g/mol. The molecule has 111 heavy (non-hydrogen) atoms. The first kappa shape index (κ1) is 83.1. The van der Waals surface area contributed by atoms with Crippen LogP contribution < -0.4 is 40.7 Å². The van der Waals surface area contributed by atoms with Gasteiger partial charge in [-0.25, -0.2) is 18.9 Å². The zero-order chi connectivity index (χ0) is 79.0. The molecule has 34 heteroatoms. The summed E-state index contributed by atoms with van der Waals surface area (Å²) in [5.74, 6) is -3.47. The number of nitrogens with zero attached hydrogens (tertiary/aromatic N) is 5. The van der Waals surface area contributed by atoms with Crippen LogP contribution >= 0.6 is 31.0 Å². The van der Waals surface area contributed by atoms with E-state index in [0.717, 1.165) is 21.4 Å². The molecule has 7 aliphatic rings. The molecule has 598 valence electrons. The number of urea groups is 1. The van der Waals surface area contributed by atoms with Gasteiger partial charge in [-0.3, -0.25) is 48.2 Å². The van der Waals surface area contributed by atoms with E-state index in [2.05, 4.69) is 16.0 Å². The quantitative estimate of drug-likeness (QED) is 0.00946. The average Bonchev–Trinajstić information content (AvgIpc) is 1.55. The summed E-state index contributed by atoms with van der Waals surface area (Å²) in [6.45, 7) is 8.33. The van der Waals surface area contributed by atoms with E-state index in [1.807, 2.05) is 30.3 Å². The average molecular weight is 1600 g/mol. The van der Waals surface area contributed by atoms with Crippen LogP contribution in [0.1, 0.15) is 87.3 Å². The fourth-order valence-corrected chi connectivity index (χ4v) is 16.2. The van der Waals surface area contributed by atoms with E-state index in [1.54, 1.807) is 72.2 Å². The van der Waals surface area contributed by atoms with Crippen molar-refractivity contribution in [2.75, 3.05) is 159 Å². The molecule has 0 radical (unpaired) electrons. The minimum absolute atomic E-state index is 0.0285. The molecule has 0 aromatic heterocycles. The van der Waals surface area contributed by atoms with Gasteiger partial charge in [-0.1, -0.05) is 74.5 Å². The van der Waals surface area contributed by atoms with Crippen LogP contribution in [0.3, 0.4) is 0 Å². The highest BCUT2D eigenvalue weighted by Gasteiger charge is 2.76. The summed E-state index contributed by atoms with van der Waals surface area (Å²) in [5.41, 5.74) is 7.23. The number of imide groups is 1. The second kappa shape index (κ2) is 38.1. The predicted molar refractivity (Wildman–Crippen MR) is 407 cm³/mol. The number of ketones is 1. The van der Waals surface area contributed by atoms with Crippen LogP contribution in [0.4, 0.5) is 31.4 Å². The summed E-state index contributed by atoms with van der Waals surface area (Å²) in [7, 11) is -4.99. The predicted octanol–water partition coefficient (Wildman–Crippen LogP) is 7.64. The van der Waals surface area contributed by atoms with Gasteiger partial charge in [-0.2, -0.15) is 0 Å². The normalized spacial score (nSPS) is 19.5. The van der Waals surface area contributed by atoms with E-state index in [1.165, 1.54) is 28.0 Å². The van der Waals surface area contributed by atoms with Gasteiger partial charge in [-0.05, 0) is 77.6 Å². The molecule has 0 spiro atoms. The third-order valence-electron chi connectivity index (χ3n) is 20.7. The molecule has 2 bridgehead atoms. The number of primary amides is 1. The van der Waals surface area contributed by atoms with Gasteiger partial charge in [0.15, 0.2) is 5.78 Å². The number of anilines is 3. The van der Waals surface area contributed by atoms with Gasteiger partial charge < -0.3 is 83.7 Å². The summed E-state index contributed by atoms with van der Waals surface area (Å²) in [6.07, 6.45) is 2.31. The molecular formula is C77H94Cl2N9O22P. The topological polar surface area (TPSA) is 390 Å². The Morgan fingerprint density at radius 3 is 1.58 bits per heavy atom. The zero-order valence-corrected chi connectivity index (χ0v) is 64.3. The molecule has 4 atom stereocenters. The molecule has 5 aromatic carbocycles. The number of hydrogen-bond donors (Lipinski definition) is 6. The third-order valence-corrected chi connectivity index (χ3v) is 21.9. The Kier molecular flexibility index (Phi) is 28.5. The number of amides is 10. The lowest BCUT2D eigenvalue weighted by atomic mass is 9.34. The van der Waals surface area contributed by atoms with Gasteiger partial charge in [0.05, 0.1) is 114 Å². The number of nitrogens with one attached hydrogen (secondary N) is 3. The minimum Gasteiger partial charge on any atom is -0.445 e. The van der Waals surface area contributed by atoms with Crippen molar-refractivity contribution < 1.29 is 105 Å². The molecule has 31 nitrogen and oxygen atoms in total. The standard InChI is InChI=1S/C77H94Cl2N9O22P/c1-49(2)69(83-64(90)19-26-102-28-30-104-32-34-106-36-37-107-35-33-105-31-29-103-27-25-86-65(91)17-18-66(86)92)61(89)38-51(8-7-20-81-73(80)96)70(93)82-54-15-13-50(14-16-54)45-108-74(97)84-21-23-85(24-22-84)75(98)109-62-39-59-67(57-11-5-3-9-55(57)62)52(41-78)43-87(59)71(94)76-46-77(47-76,48-76)72(95)88-44-53(42-79)68-58-12-6-4-10-56(58)63(40-60(68)88)110-111(99,100)101/h3-6,9-18,39-40,49,51-53,69H,7-8,19-38,41-48H2,1-2H3,(H,82,93)(H,83,90)(H3,80,81,96)(H2,99,100,101)/t51-,52-,53-,69+,76?,77?/m1/s1. The molecule has 0 unspecified atom stereocenters. The number of fused-ring (bicyclic) bond motifs is 6. The molecule has 1 saturated heterocycles. The van der Waals surface area contributed by atoms with Crippen molar-refractivity contribution in [3.8, 4) is 11.5 Å². The van der Waals surface area contributed by atoms with Gasteiger partial charge >= 0.3 is 26.0 Å². The highest BCUT2D eigenvalue weighted by atomic mass is 35.5. The lowest BCUT2D eigenvalue weighted by Crippen LogP contribution is -2.73. The summed E-state index contributed by atoms with van der Waals surface area (Å²) >= 11 is 13.2. The minimum atomic E-state index is -4.99. The molecule has 7 N–H and O–H groups in total. The number of ether oxygens (including phenoxy) is 8. The number of carbonyl (C=O) groups excluding carboxylic acids is 10. The van der Waals surface area contributed by atoms with Crippen molar-refractivity contribution in [3.05, 3.63) is 114 Å². The molecule has 10 amide bonds. The first-order valence-electron chi connectivity index (χ1n) is 37.2. The number of piperazine rings is 1. The van der Waals surface area contributed by atoms with Crippen molar-refractivity contribution in [3.63, 3.8) is 0 Å². The van der Waals surface area contributed by atoms with Gasteiger partial charge in [-0.15, -0.1) is 23.2 Å². The summed E-state index contributed by atoms with van der Waals surface area (Å²) in [6, 6.07) is 22.6. The molecule has 3 aliphatic carbocycles. The SMILES string of the molecule is CC(C)[C@H](NC(=O)CCOCCOCCOCCOCCOCCOCCN1C(=O)C=CC1=O)C(=O)C[C@@H](CCCNC(N)=O)C(=O)Nc1ccc(COC(=O)N2CCN(C(=O)Oc3cc4c(c5ccccc35)[C@H](CCl)CN4C(=O)C34CC(C(=O)N5C[C@@H](CCl)c6c5cc(OP(=O)(O)O)c5ccccc65)(C3)C4)CC2)cc1. The van der Waals surface area contributed by atoms with Gasteiger partial charge in [0.2, 0.25) is 23.6 Å². The number of carbonyl (C=O) groups is 10. The molecule has 5 aromatic rings. The number of phosphoric acid groups is 1. The fourth-order valence-electron chi connectivity index (χ4n) is 15.3. The smallest absolute Gasteiger partial charge is 0.445 e. The fraction of sp³-hybridized carbons (Fsp3) is 0.506. The molecule has 4 fully saturated rings. The van der Waals surface area contributed by atoms with Crippen molar-refractivity contribution in [2.24, 2.45) is 28.4 Å². The Labute approximate surface area is 651 Å². The van der Waals surface area contributed by atoms with E-state index in [4.69, 9.17) is 71.4 Å². The maximum Gasteiger partial charge on any atom is 0.524 e. The summed E-state index contributed by atoms with van der Waals surface area (Å²) in [4.78, 5) is 160. The number of hydrogen-bond acceptors (Lipinski definition) is 20. The Bertz CT molecular complexity index is 4290. The maximum atomic E-state index is 15.0. The van der Waals surface area contributed by atoms with E-state index in [9.17, 15) is 62.3 Å². The number of halogens is 2. The number of phosphoric ester groups is 1. The lowest BCUT2D eigenvalue weighted by molar-refractivity contribution is -0.205. The van der Waals surface area contributed by atoms with Crippen LogP contribution in [0.25, 0.3) is 21.5 Å². The zero-order valence-electron chi connectivity index (χ0n) is 61.9. The van der Waals surface area contributed by atoms with Crippen molar-refractivity contribution >= 4 is 129 Å². The van der Waals surface area contributed by atoms with E-state index >= 15 is 0 Å². The number of benzene rings is 5. The van der Waals surface area contributed by atoms with Crippen LogP contribution in [0.15, 0.2) is 97.1 Å². The number of nitrogens with two attached hydrogens (primary N) is 1. The molecule has 12 rings (SSSR count). The number of alkyl halides is 2.